The number of benzene rings is 1. The van der Waals surface area contributed by atoms with E-state index in [9.17, 15) is 0 Å². The maximum Gasteiger partial charge on any atom is 0.0232 e. The lowest BCUT2D eigenvalue weighted by atomic mass is 10.0. The molecule has 0 aliphatic carbocycles. The summed E-state index contributed by atoms with van der Waals surface area (Å²) >= 11 is 0. The Morgan fingerprint density at radius 2 is 1.82 bits per heavy atom. The normalized spacial score (nSPS) is 11.2. The molecule has 0 bridgehead atoms. The molecule has 0 atom stereocenters. The van der Waals surface area contributed by atoms with E-state index in [2.05, 4.69) is 43.3 Å². The van der Waals surface area contributed by atoms with Crippen molar-refractivity contribution in [2.24, 2.45) is 0 Å². The third kappa shape index (κ3) is 2.23. The number of hydrogen-bond donors (Lipinski definition) is 0. The zero-order valence-electron chi connectivity index (χ0n) is 7.04. The largest absolute Gasteiger partial charge is 0.0907 e. The van der Waals surface area contributed by atoms with Gasteiger partial charge < -0.3 is 0 Å². The molecular weight excluding hydrogens is 132 g/mol. The van der Waals surface area contributed by atoms with Gasteiger partial charge in [0.2, 0.25) is 0 Å². The summed E-state index contributed by atoms with van der Waals surface area (Å²) in [4.78, 5) is 0. The summed E-state index contributed by atoms with van der Waals surface area (Å²) in [6, 6.07) is 10.4. The first-order valence-corrected chi connectivity index (χ1v) is 3.86. The summed E-state index contributed by atoms with van der Waals surface area (Å²) in [6.45, 7) is 4.15. The van der Waals surface area contributed by atoms with E-state index in [-0.39, 0.29) is 0 Å². The van der Waals surface area contributed by atoms with E-state index in [1.165, 1.54) is 11.5 Å². The van der Waals surface area contributed by atoms with Gasteiger partial charge in [0.25, 0.3) is 0 Å². The van der Waals surface area contributed by atoms with E-state index in [0.29, 0.717) is 0 Å². The van der Waals surface area contributed by atoms with E-state index in [1.54, 1.807) is 0 Å². The van der Waals surface area contributed by atoms with Crippen LogP contribution < -0.4 is 0 Å². The Labute approximate surface area is 68.6 Å². The van der Waals surface area contributed by atoms with Gasteiger partial charge in [0.15, 0.2) is 0 Å². The average molecular weight is 145 g/mol. The van der Waals surface area contributed by atoms with Crippen molar-refractivity contribution in [3.8, 4) is 0 Å². The van der Waals surface area contributed by atoms with Crippen LogP contribution in [0.15, 0.2) is 42.5 Å². The van der Waals surface area contributed by atoms with Crippen LogP contribution in [0.4, 0.5) is 0 Å². The molecule has 0 saturated heterocycles. The lowest BCUT2D eigenvalue weighted by Crippen LogP contribution is -1.87. The van der Waals surface area contributed by atoms with Gasteiger partial charge in [-0.1, -0.05) is 49.4 Å². The zero-order valence-corrected chi connectivity index (χ0v) is 7.04. The molecule has 0 unspecified atom stereocenters. The second kappa shape index (κ2) is 3.97. The van der Waals surface area contributed by atoms with E-state index in [0.717, 1.165) is 0 Å². The molecule has 0 aliphatic rings. The molecule has 0 N–H and O–H groups in total. The molecule has 11 heavy (non-hydrogen) atoms. The Morgan fingerprint density at radius 3 is 2.36 bits per heavy atom. The van der Waals surface area contributed by atoms with Crippen LogP contribution in [0, 0.1) is 5.92 Å². The van der Waals surface area contributed by atoms with Crippen molar-refractivity contribution >= 4 is 0 Å². The van der Waals surface area contributed by atoms with Crippen LogP contribution >= 0.6 is 0 Å². The molecule has 0 saturated carbocycles. The summed E-state index contributed by atoms with van der Waals surface area (Å²) < 4.78 is 0. The molecule has 0 amide bonds. The van der Waals surface area contributed by atoms with Gasteiger partial charge in [-0.3, -0.25) is 0 Å². The molecule has 1 rings (SSSR count). The molecule has 0 heteroatoms. The summed E-state index contributed by atoms with van der Waals surface area (Å²) in [5, 5.41) is 0. The van der Waals surface area contributed by atoms with Crippen LogP contribution in [-0.4, -0.2) is 0 Å². The highest BCUT2D eigenvalue weighted by atomic mass is 14.0. The number of hydrogen-bond acceptors (Lipinski definition) is 0. The SMILES string of the molecule is C/C=C/[C](C)c1ccccc1. The molecule has 0 heterocycles. The number of allylic oxidation sites excluding steroid dienone is 2. The Morgan fingerprint density at radius 1 is 1.18 bits per heavy atom. The summed E-state index contributed by atoms with van der Waals surface area (Å²) in [6.07, 6.45) is 4.18. The van der Waals surface area contributed by atoms with Gasteiger partial charge in [-0.25, -0.2) is 0 Å². The van der Waals surface area contributed by atoms with E-state index in [1.807, 2.05) is 13.0 Å². The second-order valence-corrected chi connectivity index (χ2v) is 2.55. The fourth-order valence-electron chi connectivity index (χ4n) is 1.05. The molecule has 1 aromatic carbocycles. The van der Waals surface area contributed by atoms with Crippen LogP contribution in [0.3, 0.4) is 0 Å². The van der Waals surface area contributed by atoms with Crippen molar-refractivity contribution in [2.45, 2.75) is 13.8 Å². The molecule has 0 nitrogen and oxygen atoms in total. The van der Waals surface area contributed by atoms with Crippen molar-refractivity contribution in [1.82, 2.24) is 0 Å². The Kier molecular flexibility index (Phi) is 2.91. The maximum atomic E-state index is 2.12. The molecule has 0 aliphatic heterocycles. The van der Waals surface area contributed by atoms with Crippen LogP contribution in [0.2, 0.25) is 0 Å². The number of rotatable bonds is 2. The molecule has 0 fully saturated rings. The third-order valence-corrected chi connectivity index (χ3v) is 1.65. The lowest BCUT2D eigenvalue weighted by Gasteiger charge is -2.03. The van der Waals surface area contributed by atoms with E-state index < -0.39 is 0 Å². The molecule has 1 radical (unpaired) electrons. The Bertz CT molecular complexity index is 221. The van der Waals surface area contributed by atoms with Gasteiger partial charge in [0.05, 0.1) is 0 Å². The van der Waals surface area contributed by atoms with Crippen molar-refractivity contribution in [3.63, 3.8) is 0 Å². The van der Waals surface area contributed by atoms with Crippen molar-refractivity contribution in [1.29, 1.82) is 0 Å². The highest BCUT2D eigenvalue weighted by Gasteiger charge is 1.98. The van der Waals surface area contributed by atoms with Gasteiger partial charge in [0.1, 0.15) is 0 Å². The highest BCUT2D eigenvalue weighted by molar-refractivity contribution is 5.35. The highest BCUT2D eigenvalue weighted by Crippen LogP contribution is 2.13. The predicted molar refractivity (Wildman–Crippen MR) is 49.3 cm³/mol. The lowest BCUT2D eigenvalue weighted by molar-refractivity contribution is 1.25. The minimum Gasteiger partial charge on any atom is -0.0907 e. The van der Waals surface area contributed by atoms with Gasteiger partial charge in [-0.05, 0) is 12.5 Å². The van der Waals surface area contributed by atoms with Crippen molar-refractivity contribution in [2.75, 3.05) is 0 Å². The summed E-state index contributed by atoms with van der Waals surface area (Å²) in [7, 11) is 0. The molecule has 0 spiro atoms. The average Bonchev–Trinajstić information content (AvgIpc) is 2.07. The van der Waals surface area contributed by atoms with Crippen LogP contribution in [0.1, 0.15) is 19.4 Å². The summed E-state index contributed by atoms with van der Waals surface area (Å²) in [5.74, 6) is 1.31. The van der Waals surface area contributed by atoms with E-state index >= 15 is 0 Å². The minimum absolute atomic E-state index is 1.30. The van der Waals surface area contributed by atoms with Crippen LogP contribution in [-0.2, 0) is 0 Å². The van der Waals surface area contributed by atoms with Crippen molar-refractivity contribution < 1.29 is 0 Å². The molecule has 0 aromatic heterocycles. The second-order valence-electron chi connectivity index (χ2n) is 2.55. The monoisotopic (exact) mass is 145 g/mol. The third-order valence-electron chi connectivity index (χ3n) is 1.65. The fourth-order valence-corrected chi connectivity index (χ4v) is 1.05. The molecular formula is C11H13. The topological polar surface area (TPSA) is 0 Å². The molecule has 57 valence electrons. The van der Waals surface area contributed by atoms with Crippen LogP contribution in [0.5, 0.6) is 0 Å². The minimum atomic E-state index is 1.30. The first-order chi connectivity index (χ1) is 5.34. The maximum absolute atomic E-state index is 2.12. The fraction of sp³-hybridized carbons (Fsp3) is 0.182. The van der Waals surface area contributed by atoms with Crippen LogP contribution in [0.25, 0.3) is 0 Å². The van der Waals surface area contributed by atoms with Gasteiger partial charge >= 0.3 is 0 Å². The zero-order chi connectivity index (χ0) is 8.10. The smallest absolute Gasteiger partial charge is 0.0232 e. The molecule has 1 aromatic rings. The van der Waals surface area contributed by atoms with Gasteiger partial charge in [-0.2, -0.15) is 0 Å². The standard InChI is InChI=1S/C11H13/c1-3-7-10(2)11-8-5-4-6-9-11/h3-9H,1-2H3/b7-3+. The first kappa shape index (κ1) is 8.06. The first-order valence-electron chi connectivity index (χ1n) is 3.86. The Balaban J connectivity index is 2.76. The van der Waals surface area contributed by atoms with Crippen molar-refractivity contribution in [3.05, 3.63) is 54.0 Å². The quantitative estimate of drug-likeness (QED) is 0.599. The van der Waals surface area contributed by atoms with Gasteiger partial charge in [0, 0.05) is 5.92 Å². The summed E-state index contributed by atoms with van der Waals surface area (Å²) in [5.41, 5.74) is 1.30. The van der Waals surface area contributed by atoms with E-state index in [4.69, 9.17) is 0 Å². The van der Waals surface area contributed by atoms with Gasteiger partial charge in [-0.15, -0.1) is 0 Å². The predicted octanol–water partition coefficient (Wildman–Crippen LogP) is 3.21. The Hall–Kier alpha value is -1.04.